The van der Waals surface area contributed by atoms with E-state index in [1.165, 1.54) is 12.1 Å². The molecule has 3 aromatic rings. The largest absolute Gasteiger partial charge is 0.356 e. The summed E-state index contributed by atoms with van der Waals surface area (Å²) in [6.07, 6.45) is 4.53. The number of hydrogen-bond acceptors (Lipinski definition) is 3. The Bertz CT molecular complexity index is 1120. The fraction of sp³-hybridized carbons (Fsp3) is 0.269. The van der Waals surface area contributed by atoms with Crippen LogP contribution in [0, 0.1) is 11.2 Å². The molecule has 1 aromatic heterocycles. The van der Waals surface area contributed by atoms with Crippen LogP contribution in [0.5, 0.6) is 0 Å². The van der Waals surface area contributed by atoms with E-state index in [1.807, 2.05) is 37.3 Å². The number of aromatic nitrogens is 1. The molecule has 0 aliphatic carbocycles. The molecular formula is C26H26FN3O2. The van der Waals surface area contributed by atoms with E-state index < -0.39 is 11.2 Å². The van der Waals surface area contributed by atoms with Gasteiger partial charge in [0.05, 0.1) is 11.0 Å². The lowest BCUT2D eigenvalue weighted by atomic mass is 9.79. The number of amides is 2. The minimum absolute atomic E-state index is 0.0406. The summed E-state index contributed by atoms with van der Waals surface area (Å²) in [4.78, 5) is 31.8. The molecule has 164 valence electrons. The third-order valence-electron chi connectivity index (χ3n) is 6.05. The van der Waals surface area contributed by atoms with Crippen molar-refractivity contribution in [2.75, 3.05) is 19.6 Å². The molecule has 1 aliphatic heterocycles. The first kappa shape index (κ1) is 21.7. The molecule has 6 heteroatoms. The van der Waals surface area contributed by atoms with Crippen LogP contribution < -0.4 is 5.32 Å². The summed E-state index contributed by atoms with van der Waals surface area (Å²) >= 11 is 0. The van der Waals surface area contributed by atoms with Gasteiger partial charge in [-0.15, -0.1) is 0 Å². The van der Waals surface area contributed by atoms with Crippen LogP contribution in [-0.4, -0.2) is 41.3 Å². The lowest BCUT2D eigenvalue weighted by Gasteiger charge is -2.28. The van der Waals surface area contributed by atoms with Gasteiger partial charge < -0.3 is 10.2 Å². The van der Waals surface area contributed by atoms with Crippen molar-refractivity contribution >= 4 is 11.8 Å². The number of likely N-dealkylation sites (tertiary alicyclic amines) is 1. The van der Waals surface area contributed by atoms with Gasteiger partial charge >= 0.3 is 0 Å². The molecule has 1 atom stereocenters. The van der Waals surface area contributed by atoms with E-state index in [0.717, 1.165) is 16.7 Å². The molecule has 1 saturated heterocycles. The van der Waals surface area contributed by atoms with E-state index in [0.29, 0.717) is 25.9 Å². The van der Waals surface area contributed by atoms with Crippen LogP contribution in [0.25, 0.3) is 11.1 Å². The topological polar surface area (TPSA) is 62.3 Å². The van der Waals surface area contributed by atoms with Gasteiger partial charge in [0.1, 0.15) is 5.82 Å². The van der Waals surface area contributed by atoms with Crippen molar-refractivity contribution < 1.29 is 14.0 Å². The second-order valence-electron chi connectivity index (χ2n) is 8.21. The van der Waals surface area contributed by atoms with Gasteiger partial charge in [0.25, 0.3) is 5.91 Å². The van der Waals surface area contributed by atoms with E-state index in [2.05, 4.69) is 16.4 Å². The van der Waals surface area contributed by atoms with Crippen molar-refractivity contribution in [1.29, 1.82) is 0 Å². The maximum atomic E-state index is 14.2. The van der Waals surface area contributed by atoms with Gasteiger partial charge in [-0.3, -0.25) is 14.6 Å². The lowest BCUT2D eigenvalue weighted by Crippen LogP contribution is -2.45. The highest BCUT2D eigenvalue weighted by Crippen LogP contribution is 2.36. The number of nitrogens with zero attached hydrogens (tertiary/aromatic N) is 2. The predicted molar refractivity (Wildman–Crippen MR) is 121 cm³/mol. The van der Waals surface area contributed by atoms with Crippen LogP contribution in [0.15, 0.2) is 73.1 Å². The van der Waals surface area contributed by atoms with E-state index in [4.69, 9.17) is 0 Å². The van der Waals surface area contributed by atoms with Crippen LogP contribution in [-0.2, 0) is 11.2 Å². The second-order valence-corrected chi connectivity index (χ2v) is 8.21. The number of carbonyl (C=O) groups excluding carboxylic acids is 2. The molecule has 1 aliphatic rings. The molecule has 1 fully saturated rings. The van der Waals surface area contributed by atoms with Crippen LogP contribution in [0.1, 0.15) is 29.3 Å². The Labute approximate surface area is 187 Å². The Morgan fingerprint density at radius 2 is 1.84 bits per heavy atom. The Balaban J connectivity index is 1.61. The molecule has 2 amide bonds. The van der Waals surface area contributed by atoms with E-state index in [1.54, 1.807) is 29.4 Å². The van der Waals surface area contributed by atoms with E-state index in [-0.39, 0.29) is 23.9 Å². The van der Waals surface area contributed by atoms with Gasteiger partial charge in [-0.1, -0.05) is 36.4 Å². The SMILES string of the molecule is CCNC(=O)C1(Cc2cccc(-c3ccncc3)c2)CCN(C(=O)c2ccccc2F)C1. The van der Waals surface area contributed by atoms with Crippen LogP contribution >= 0.6 is 0 Å². The van der Waals surface area contributed by atoms with Crippen LogP contribution in [0.4, 0.5) is 4.39 Å². The summed E-state index contributed by atoms with van der Waals surface area (Å²) in [6, 6.07) is 18.0. The molecule has 1 unspecified atom stereocenters. The lowest BCUT2D eigenvalue weighted by molar-refractivity contribution is -0.130. The highest BCUT2D eigenvalue weighted by atomic mass is 19.1. The Morgan fingerprint density at radius 3 is 2.59 bits per heavy atom. The molecule has 2 heterocycles. The molecule has 1 N–H and O–H groups in total. The maximum absolute atomic E-state index is 14.2. The summed E-state index contributed by atoms with van der Waals surface area (Å²) in [5.41, 5.74) is 2.41. The minimum Gasteiger partial charge on any atom is -0.356 e. The first-order valence-electron chi connectivity index (χ1n) is 10.8. The average Bonchev–Trinajstić information content (AvgIpc) is 3.25. The van der Waals surface area contributed by atoms with Crippen molar-refractivity contribution in [3.05, 3.63) is 90.0 Å². The number of pyridine rings is 1. The fourth-order valence-electron chi connectivity index (χ4n) is 4.40. The first-order valence-corrected chi connectivity index (χ1v) is 10.8. The molecule has 32 heavy (non-hydrogen) atoms. The first-order chi connectivity index (χ1) is 15.5. The molecule has 2 aromatic carbocycles. The average molecular weight is 432 g/mol. The predicted octanol–water partition coefficient (Wildman–Crippen LogP) is 4.10. The van der Waals surface area contributed by atoms with Crippen molar-refractivity contribution in [2.45, 2.75) is 19.8 Å². The van der Waals surface area contributed by atoms with Gasteiger partial charge in [-0.2, -0.15) is 0 Å². The number of hydrogen-bond donors (Lipinski definition) is 1. The normalized spacial score (nSPS) is 17.9. The van der Waals surface area contributed by atoms with E-state index >= 15 is 0 Å². The molecule has 4 rings (SSSR count). The zero-order valence-electron chi connectivity index (χ0n) is 18.1. The summed E-state index contributed by atoms with van der Waals surface area (Å²) in [5.74, 6) is -0.990. The Morgan fingerprint density at radius 1 is 1.06 bits per heavy atom. The monoisotopic (exact) mass is 431 g/mol. The highest BCUT2D eigenvalue weighted by molar-refractivity contribution is 5.95. The minimum atomic E-state index is -0.756. The van der Waals surface area contributed by atoms with Gasteiger partial charge in [-0.05, 0) is 60.7 Å². The quantitative estimate of drug-likeness (QED) is 0.639. The summed E-state index contributed by atoms with van der Waals surface area (Å²) < 4.78 is 14.2. The molecule has 0 bridgehead atoms. The Hall–Kier alpha value is -3.54. The van der Waals surface area contributed by atoms with Gasteiger partial charge in [0.15, 0.2) is 0 Å². The number of carbonyl (C=O) groups is 2. The smallest absolute Gasteiger partial charge is 0.256 e. The number of benzene rings is 2. The number of rotatable bonds is 6. The zero-order valence-corrected chi connectivity index (χ0v) is 18.1. The Kier molecular flexibility index (Phi) is 6.30. The third kappa shape index (κ3) is 4.40. The molecule has 5 nitrogen and oxygen atoms in total. The zero-order chi connectivity index (χ0) is 22.6. The third-order valence-corrected chi connectivity index (χ3v) is 6.05. The second kappa shape index (κ2) is 9.30. The van der Waals surface area contributed by atoms with Crippen molar-refractivity contribution in [1.82, 2.24) is 15.2 Å². The number of halogens is 1. The molecule has 0 saturated carbocycles. The standard InChI is InChI=1S/C26H26FN3O2/c1-2-29-25(32)26(12-15-30(18-26)24(31)22-8-3-4-9-23(22)27)17-19-6-5-7-21(16-19)20-10-13-28-14-11-20/h3-11,13-14,16H,2,12,15,17-18H2,1H3,(H,29,32). The summed E-state index contributed by atoms with van der Waals surface area (Å²) in [6.45, 7) is 3.06. The van der Waals surface area contributed by atoms with Gasteiger partial charge in [0.2, 0.25) is 5.91 Å². The van der Waals surface area contributed by atoms with Crippen molar-refractivity contribution in [3.63, 3.8) is 0 Å². The number of nitrogens with one attached hydrogen (secondary N) is 1. The van der Waals surface area contributed by atoms with Crippen molar-refractivity contribution in [3.8, 4) is 11.1 Å². The molecular weight excluding hydrogens is 405 g/mol. The summed E-state index contributed by atoms with van der Waals surface area (Å²) in [5, 5.41) is 2.95. The fourth-order valence-corrected chi connectivity index (χ4v) is 4.40. The highest BCUT2D eigenvalue weighted by Gasteiger charge is 2.46. The molecule has 0 spiro atoms. The van der Waals surface area contributed by atoms with Crippen LogP contribution in [0.3, 0.4) is 0 Å². The van der Waals surface area contributed by atoms with Crippen LogP contribution in [0.2, 0.25) is 0 Å². The van der Waals surface area contributed by atoms with Gasteiger partial charge in [-0.25, -0.2) is 4.39 Å². The van der Waals surface area contributed by atoms with Crippen molar-refractivity contribution in [2.24, 2.45) is 5.41 Å². The maximum Gasteiger partial charge on any atom is 0.256 e. The van der Waals surface area contributed by atoms with E-state index in [9.17, 15) is 14.0 Å². The summed E-state index contributed by atoms with van der Waals surface area (Å²) in [7, 11) is 0. The molecule has 0 radical (unpaired) electrons. The van der Waals surface area contributed by atoms with Gasteiger partial charge in [0, 0.05) is 32.0 Å².